The van der Waals surface area contributed by atoms with Crippen LogP contribution in [-0.2, 0) is 16.6 Å². The summed E-state index contributed by atoms with van der Waals surface area (Å²) < 4.78 is 28.3. The molecule has 0 spiro atoms. The van der Waals surface area contributed by atoms with Gasteiger partial charge in [-0.3, -0.25) is 4.68 Å². The number of aromatic nitrogens is 2. The number of nitrogen functional groups attached to an aromatic ring is 1. The topological polar surface area (TPSA) is 93.2 Å². The van der Waals surface area contributed by atoms with E-state index in [4.69, 9.17) is 5.73 Å². The Bertz CT molecular complexity index is 494. The summed E-state index contributed by atoms with van der Waals surface area (Å²) in [5, 5.41) is 3.93. The fraction of sp³-hybridized carbons (Fsp3) is 0.700. The fourth-order valence-electron chi connectivity index (χ4n) is 1.70. The van der Waals surface area contributed by atoms with E-state index >= 15 is 0 Å². The number of rotatable bonds is 6. The third-order valence-electron chi connectivity index (χ3n) is 2.36. The molecule has 1 heterocycles. The number of nitrogens with one attached hydrogen (secondary N) is 1. The van der Waals surface area contributed by atoms with Gasteiger partial charge in [-0.25, -0.2) is 13.1 Å². The first-order chi connectivity index (χ1) is 8.26. The summed E-state index contributed by atoms with van der Waals surface area (Å²) in [6.07, 6.45) is 1.44. The van der Waals surface area contributed by atoms with E-state index in [1.807, 2.05) is 25.9 Å². The van der Waals surface area contributed by atoms with Crippen molar-refractivity contribution in [3.05, 3.63) is 6.20 Å². The Morgan fingerprint density at radius 2 is 2.17 bits per heavy atom. The molecule has 0 aliphatic carbocycles. The molecule has 0 saturated carbocycles. The molecule has 8 heteroatoms. The van der Waals surface area contributed by atoms with Gasteiger partial charge in [0.05, 0.1) is 0 Å². The lowest BCUT2D eigenvalue weighted by molar-refractivity contribution is 0.370. The summed E-state index contributed by atoms with van der Waals surface area (Å²) >= 11 is 0. The molecular formula is C10H21N5O2S. The standard InChI is InChI=1S/C10H21N5O2S/c1-5-15-7-9(10(11)12-15)18(16,17)13-8(2)6-14(3)4/h7-8,13H,5-6H2,1-4H3,(H2,11,12). The van der Waals surface area contributed by atoms with Gasteiger partial charge in [-0.1, -0.05) is 0 Å². The number of nitrogens with two attached hydrogens (primary N) is 1. The Morgan fingerprint density at radius 3 is 2.61 bits per heavy atom. The van der Waals surface area contributed by atoms with E-state index < -0.39 is 10.0 Å². The monoisotopic (exact) mass is 275 g/mol. The Kier molecular flexibility index (Phi) is 4.71. The molecule has 0 saturated heterocycles. The molecular weight excluding hydrogens is 254 g/mol. The van der Waals surface area contributed by atoms with Crippen LogP contribution in [0.5, 0.6) is 0 Å². The lowest BCUT2D eigenvalue weighted by atomic mass is 10.3. The summed E-state index contributed by atoms with van der Waals surface area (Å²) in [5.74, 6) is 0.0291. The number of hydrogen-bond donors (Lipinski definition) is 2. The SMILES string of the molecule is CCn1cc(S(=O)(=O)NC(C)CN(C)C)c(N)n1. The van der Waals surface area contributed by atoms with Crippen molar-refractivity contribution >= 4 is 15.8 Å². The lowest BCUT2D eigenvalue weighted by Crippen LogP contribution is -2.39. The summed E-state index contributed by atoms with van der Waals surface area (Å²) in [5.41, 5.74) is 5.62. The number of hydrogen-bond acceptors (Lipinski definition) is 5. The van der Waals surface area contributed by atoms with Crippen LogP contribution < -0.4 is 10.5 Å². The van der Waals surface area contributed by atoms with E-state index in [1.54, 1.807) is 6.92 Å². The highest BCUT2D eigenvalue weighted by Gasteiger charge is 2.23. The highest BCUT2D eigenvalue weighted by Crippen LogP contribution is 2.16. The smallest absolute Gasteiger partial charge is 0.246 e. The number of anilines is 1. The van der Waals surface area contributed by atoms with Gasteiger partial charge in [0.1, 0.15) is 4.90 Å². The van der Waals surface area contributed by atoms with Gasteiger partial charge in [0.15, 0.2) is 5.82 Å². The number of nitrogens with zero attached hydrogens (tertiary/aromatic N) is 3. The average molecular weight is 275 g/mol. The number of sulfonamides is 1. The second-order valence-electron chi connectivity index (χ2n) is 4.52. The van der Waals surface area contributed by atoms with Crippen LogP contribution in [0.2, 0.25) is 0 Å². The molecule has 0 aromatic carbocycles. The van der Waals surface area contributed by atoms with Gasteiger partial charge in [0.2, 0.25) is 10.0 Å². The number of aryl methyl sites for hydroxylation is 1. The summed E-state index contributed by atoms with van der Waals surface area (Å²) in [7, 11) is 0.156. The molecule has 0 amide bonds. The third kappa shape index (κ3) is 3.69. The molecule has 3 N–H and O–H groups in total. The molecule has 0 aliphatic heterocycles. The molecule has 1 aromatic heterocycles. The molecule has 1 rings (SSSR count). The lowest BCUT2D eigenvalue weighted by Gasteiger charge is -2.17. The van der Waals surface area contributed by atoms with Crippen molar-refractivity contribution in [2.24, 2.45) is 0 Å². The maximum absolute atomic E-state index is 12.1. The molecule has 0 radical (unpaired) electrons. The summed E-state index contributed by atoms with van der Waals surface area (Å²) in [6.45, 7) is 4.86. The van der Waals surface area contributed by atoms with Crippen molar-refractivity contribution in [2.75, 3.05) is 26.4 Å². The minimum atomic E-state index is -3.61. The first kappa shape index (κ1) is 14.9. The predicted molar refractivity (Wildman–Crippen MR) is 70.7 cm³/mol. The zero-order valence-electron chi connectivity index (χ0n) is 11.2. The normalized spacial score (nSPS) is 14.1. The molecule has 0 bridgehead atoms. The van der Waals surface area contributed by atoms with Gasteiger partial charge < -0.3 is 10.6 Å². The first-order valence-corrected chi connectivity index (χ1v) is 7.24. The maximum Gasteiger partial charge on any atom is 0.246 e. The third-order valence-corrected chi connectivity index (χ3v) is 3.97. The van der Waals surface area contributed by atoms with Crippen LogP contribution in [0.1, 0.15) is 13.8 Å². The van der Waals surface area contributed by atoms with Crippen LogP contribution in [0, 0.1) is 0 Å². The Hall–Kier alpha value is -1.12. The van der Waals surface area contributed by atoms with Crippen molar-refractivity contribution in [3.63, 3.8) is 0 Å². The van der Waals surface area contributed by atoms with E-state index in [2.05, 4.69) is 9.82 Å². The Balaban J connectivity index is 2.89. The Labute approximate surface area is 108 Å². The van der Waals surface area contributed by atoms with E-state index in [0.717, 1.165) is 0 Å². The minimum absolute atomic E-state index is 0.0291. The zero-order chi connectivity index (χ0) is 13.9. The fourth-order valence-corrected chi connectivity index (χ4v) is 3.01. The molecule has 104 valence electrons. The predicted octanol–water partition coefficient (Wildman–Crippen LogP) is -0.286. The first-order valence-electron chi connectivity index (χ1n) is 5.76. The van der Waals surface area contributed by atoms with Crippen molar-refractivity contribution in [3.8, 4) is 0 Å². The molecule has 0 fully saturated rings. The molecule has 7 nitrogen and oxygen atoms in total. The van der Waals surface area contributed by atoms with Crippen LogP contribution in [0.15, 0.2) is 11.1 Å². The molecule has 1 atom stereocenters. The van der Waals surface area contributed by atoms with Crippen LogP contribution in [0.3, 0.4) is 0 Å². The number of likely N-dealkylation sites (N-methyl/N-ethyl adjacent to an activating group) is 1. The Morgan fingerprint density at radius 1 is 1.56 bits per heavy atom. The van der Waals surface area contributed by atoms with Crippen LogP contribution in [-0.4, -0.2) is 49.8 Å². The molecule has 1 aromatic rings. The molecule has 0 aliphatic rings. The summed E-state index contributed by atoms with van der Waals surface area (Å²) in [6, 6.07) is -0.200. The van der Waals surface area contributed by atoms with Gasteiger partial charge in [-0.2, -0.15) is 5.10 Å². The highest BCUT2D eigenvalue weighted by atomic mass is 32.2. The maximum atomic E-state index is 12.1. The van der Waals surface area contributed by atoms with Gasteiger partial charge in [0, 0.05) is 25.3 Å². The highest BCUT2D eigenvalue weighted by molar-refractivity contribution is 7.89. The van der Waals surface area contributed by atoms with Gasteiger partial charge in [-0.15, -0.1) is 0 Å². The molecule has 18 heavy (non-hydrogen) atoms. The van der Waals surface area contributed by atoms with Gasteiger partial charge in [0.25, 0.3) is 0 Å². The van der Waals surface area contributed by atoms with E-state index in [0.29, 0.717) is 13.1 Å². The second kappa shape index (κ2) is 5.68. The van der Waals surface area contributed by atoms with Crippen molar-refractivity contribution in [1.29, 1.82) is 0 Å². The minimum Gasteiger partial charge on any atom is -0.381 e. The zero-order valence-corrected chi connectivity index (χ0v) is 12.0. The average Bonchev–Trinajstić information content (AvgIpc) is 2.58. The second-order valence-corrected chi connectivity index (χ2v) is 6.20. The molecule has 1 unspecified atom stereocenters. The van der Waals surface area contributed by atoms with Crippen molar-refractivity contribution in [2.45, 2.75) is 31.3 Å². The van der Waals surface area contributed by atoms with E-state index in [9.17, 15) is 8.42 Å². The van der Waals surface area contributed by atoms with Crippen molar-refractivity contribution < 1.29 is 8.42 Å². The summed E-state index contributed by atoms with van der Waals surface area (Å²) in [4.78, 5) is 1.95. The van der Waals surface area contributed by atoms with Crippen molar-refractivity contribution in [1.82, 2.24) is 19.4 Å². The van der Waals surface area contributed by atoms with Crippen LogP contribution in [0.4, 0.5) is 5.82 Å². The van der Waals surface area contributed by atoms with Crippen LogP contribution >= 0.6 is 0 Å². The van der Waals surface area contributed by atoms with E-state index in [-0.39, 0.29) is 16.8 Å². The largest absolute Gasteiger partial charge is 0.381 e. The van der Waals surface area contributed by atoms with Crippen LogP contribution in [0.25, 0.3) is 0 Å². The van der Waals surface area contributed by atoms with Gasteiger partial charge >= 0.3 is 0 Å². The van der Waals surface area contributed by atoms with Gasteiger partial charge in [-0.05, 0) is 27.9 Å². The van der Waals surface area contributed by atoms with E-state index in [1.165, 1.54) is 10.9 Å². The quantitative estimate of drug-likeness (QED) is 0.744.